The topological polar surface area (TPSA) is 83.4 Å². The Balaban J connectivity index is 2.67. The molecule has 0 radical (unpaired) electrons. The van der Waals surface area contributed by atoms with E-state index in [9.17, 15) is 5.26 Å². The summed E-state index contributed by atoms with van der Waals surface area (Å²) < 4.78 is 0. The SMILES string of the molecule is CC1=C2CCC(C)CC2=C(C#N)C(=C(C#N)C#N)N1. The van der Waals surface area contributed by atoms with Gasteiger partial charge in [0.1, 0.15) is 18.2 Å². The molecule has 0 amide bonds. The van der Waals surface area contributed by atoms with Gasteiger partial charge >= 0.3 is 0 Å². The van der Waals surface area contributed by atoms with Gasteiger partial charge < -0.3 is 5.32 Å². The number of hydrogen-bond acceptors (Lipinski definition) is 4. The second-order valence-corrected chi connectivity index (χ2v) is 5.02. The molecule has 1 unspecified atom stereocenters. The molecule has 1 saturated carbocycles. The molecule has 0 aromatic carbocycles. The average Bonchev–Trinajstić information content (AvgIpc) is 2.40. The van der Waals surface area contributed by atoms with Crippen molar-refractivity contribution in [3.05, 3.63) is 33.7 Å². The molecule has 1 heterocycles. The lowest BCUT2D eigenvalue weighted by atomic mass is 9.77. The fraction of sp³-hybridized carbons (Fsp3) is 0.400. The summed E-state index contributed by atoms with van der Waals surface area (Å²) >= 11 is 0. The molecule has 1 aliphatic heterocycles. The first-order valence-electron chi connectivity index (χ1n) is 6.27. The van der Waals surface area contributed by atoms with Crippen molar-refractivity contribution in [1.82, 2.24) is 5.32 Å². The lowest BCUT2D eigenvalue weighted by Gasteiger charge is -2.31. The molecule has 2 rings (SSSR count). The van der Waals surface area contributed by atoms with Crippen LogP contribution in [-0.2, 0) is 0 Å². The zero-order chi connectivity index (χ0) is 14.0. The maximum absolute atomic E-state index is 9.39. The molecule has 94 valence electrons. The molecule has 0 bridgehead atoms. The molecule has 1 atom stereocenters. The van der Waals surface area contributed by atoms with E-state index in [0.29, 0.717) is 17.2 Å². The van der Waals surface area contributed by atoms with Gasteiger partial charge in [0.05, 0.1) is 11.3 Å². The molecule has 4 heteroatoms. The molecule has 0 saturated heterocycles. The fourth-order valence-electron chi connectivity index (χ4n) is 2.71. The largest absolute Gasteiger partial charge is 0.356 e. The van der Waals surface area contributed by atoms with Crippen molar-refractivity contribution >= 4 is 0 Å². The summed E-state index contributed by atoms with van der Waals surface area (Å²) in [4.78, 5) is 0. The maximum Gasteiger partial charge on any atom is 0.154 e. The van der Waals surface area contributed by atoms with E-state index in [4.69, 9.17) is 10.5 Å². The summed E-state index contributed by atoms with van der Waals surface area (Å²) in [6, 6.07) is 5.89. The van der Waals surface area contributed by atoms with Gasteiger partial charge in [0.25, 0.3) is 0 Å². The molecule has 1 fully saturated rings. The Kier molecular flexibility index (Phi) is 3.41. The van der Waals surface area contributed by atoms with Crippen LogP contribution in [0.15, 0.2) is 33.7 Å². The summed E-state index contributed by atoms with van der Waals surface area (Å²) in [6.07, 6.45) is 2.89. The standard InChI is InChI=1S/C15H14N4/c1-9-3-4-12-10(2)19-15(11(6-16)7-17)14(8-18)13(12)5-9/h9,19H,3-5H2,1-2H3. The lowest BCUT2D eigenvalue weighted by molar-refractivity contribution is 0.489. The number of nitriles is 3. The van der Waals surface area contributed by atoms with E-state index in [1.165, 1.54) is 5.57 Å². The number of dihydropyridines is 1. The number of allylic oxidation sites excluding steroid dienone is 5. The van der Waals surface area contributed by atoms with Crippen LogP contribution >= 0.6 is 0 Å². The summed E-state index contributed by atoms with van der Waals surface area (Å²) in [5.74, 6) is 0.530. The monoisotopic (exact) mass is 250 g/mol. The second-order valence-electron chi connectivity index (χ2n) is 5.02. The first-order chi connectivity index (χ1) is 9.12. The van der Waals surface area contributed by atoms with Crippen molar-refractivity contribution in [1.29, 1.82) is 15.8 Å². The van der Waals surface area contributed by atoms with E-state index in [-0.39, 0.29) is 5.57 Å². The van der Waals surface area contributed by atoms with Gasteiger partial charge in [-0.25, -0.2) is 0 Å². The van der Waals surface area contributed by atoms with Gasteiger partial charge in [-0.2, -0.15) is 15.8 Å². The fourth-order valence-corrected chi connectivity index (χ4v) is 2.71. The number of hydrogen-bond donors (Lipinski definition) is 1. The Morgan fingerprint density at radius 3 is 2.47 bits per heavy atom. The molecule has 1 N–H and O–H groups in total. The van der Waals surface area contributed by atoms with Crippen LogP contribution in [0.5, 0.6) is 0 Å². The van der Waals surface area contributed by atoms with E-state index in [1.54, 1.807) is 0 Å². The maximum atomic E-state index is 9.39. The highest BCUT2D eigenvalue weighted by molar-refractivity contribution is 5.62. The van der Waals surface area contributed by atoms with E-state index < -0.39 is 0 Å². The first-order valence-corrected chi connectivity index (χ1v) is 6.27. The minimum absolute atomic E-state index is 0.0272. The van der Waals surface area contributed by atoms with Gasteiger partial charge in [0.2, 0.25) is 0 Å². The number of fused-ring (bicyclic) bond motifs is 1. The smallest absolute Gasteiger partial charge is 0.154 e. The summed E-state index contributed by atoms with van der Waals surface area (Å²) in [7, 11) is 0. The molecule has 0 aromatic heterocycles. The third-order valence-corrected chi connectivity index (χ3v) is 3.71. The normalized spacial score (nSPS) is 21.8. The van der Waals surface area contributed by atoms with E-state index in [1.807, 2.05) is 19.1 Å². The molecule has 0 aromatic rings. The zero-order valence-corrected chi connectivity index (χ0v) is 11.0. The Bertz CT molecular complexity index is 625. The predicted molar refractivity (Wildman–Crippen MR) is 69.7 cm³/mol. The van der Waals surface area contributed by atoms with E-state index >= 15 is 0 Å². The third kappa shape index (κ3) is 2.12. The Hall–Kier alpha value is -2.51. The minimum Gasteiger partial charge on any atom is -0.356 e. The van der Waals surface area contributed by atoms with E-state index in [0.717, 1.165) is 30.5 Å². The Morgan fingerprint density at radius 2 is 1.89 bits per heavy atom. The first kappa shape index (κ1) is 12.9. The Morgan fingerprint density at radius 1 is 1.21 bits per heavy atom. The van der Waals surface area contributed by atoms with Crippen LogP contribution in [0.4, 0.5) is 0 Å². The highest BCUT2D eigenvalue weighted by Gasteiger charge is 2.29. The van der Waals surface area contributed by atoms with Gasteiger partial charge in [-0.3, -0.25) is 0 Å². The zero-order valence-electron chi connectivity index (χ0n) is 11.0. The number of nitrogens with zero attached hydrogens (tertiary/aromatic N) is 3. The van der Waals surface area contributed by atoms with Crippen molar-refractivity contribution in [2.24, 2.45) is 5.92 Å². The van der Waals surface area contributed by atoms with Crippen LogP contribution in [0, 0.1) is 39.9 Å². The second kappa shape index (κ2) is 5.01. The van der Waals surface area contributed by atoms with Gasteiger partial charge in [-0.05, 0) is 43.3 Å². The molecule has 0 spiro atoms. The highest BCUT2D eigenvalue weighted by Crippen LogP contribution is 2.40. The van der Waals surface area contributed by atoms with Crippen molar-refractivity contribution < 1.29 is 0 Å². The molecule has 19 heavy (non-hydrogen) atoms. The van der Waals surface area contributed by atoms with Crippen molar-refractivity contribution in [2.75, 3.05) is 0 Å². The summed E-state index contributed by atoms with van der Waals surface area (Å²) in [5.41, 5.74) is 3.95. The van der Waals surface area contributed by atoms with Crippen LogP contribution in [-0.4, -0.2) is 0 Å². The van der Waals surface area contributed by atoms with E-state index in [2.05, 4.69) is 18.3 Å². The van der Waals surface area contributed by atoms with Gasteiger partial charge in [-0.15, -0.1) is 0 Å². The van der Waals surface area contributed by atoms with Gasteiger partial charge in [0.15, 0.2) is 5.57 Å². The van der Waals surface area contributed by atoms with Crippen molar-refractivity contribution in [3.63, 3.8) is 0 Å². The Labute approximate surface area is 112 Å². The van der Waals surface area contributed by atoms with Crippen LogP contribution in [0.3, 0.4) is 0 Å². The van der Waals surface area contributed by atoms with Crippen LogP contribution in [0.25, 0.3) is 0 Å². The number of nitrogens with one attached hydrogen (secondary N) is 1. The lowest BCUT2D eigenvalue weighted by Crippen LogP contribution is -2.25. The van der Waals surface area contributed by atoms with Gasteiger partial charge in [-0.1, -0.05) is 6.92 Å². The van der Waals surface area contributed by atoms with Crippen LogP contribution in [0.2, 0.25) is 0 Å². The third-order valence-electron chi connectivity index (χ3n) is 3.71. The van der Waals surface area contributed by atoms with Crippen LogP contribution in [0.1, 0.15) is 33.1 Å². The molecule has 4 nitrogen and oxygen atoms in total. The van der Waals surface area contributed by atoms with Crippen molar-refractivity contribution in [3.8, 4) is 18.2 Å². The molecular weight excluding hydrogens is 236 g/mol. The number of rotatable bonds is 0. The quantitative estimate of drug-likeness (QED) is 0.670. The van der Waals surface area contributed by atoms with Crippen molar-refractivity contribution in [2.45, 2.75) is 33.1 Å². The average molecular weight is 250 g/mol. The van der Waals surface area contributed by atoms with Crippen LogP contribution < -0.4 is 5.32 Å². The summed E-state index contributed by atoms with van der Waals surface area (Å²) in [5, 5.41) is 30.5. The highest BCUT2D eigenvalue weighted by atomic mass is 14.9. The molecular formula is C15H14N4. The predicted octanol–water partition coefficient (Wildman–Crippen LogP) is 2.81. The molecule has 1 aliphatic carbocycles. The minimum atomic E-state index is -0.0272. The van der Waals surface area contributed by atoms with Gasteiger partial charge in [0, 0.05) is 5.70 Å². The summed E-state index contributed by atoms with van der Waals surface area (Å²) in [6.45, 7) is 4.10. The molecule has 2 aliphatic rings.